The van der Waals surface area contributed by atoms with E-state index in [1.165, 1.54) is 5.56 Å². The average molecular weight is 272 g/mol. The molecule has 5 nitrogen and oxygen atoms in total. The van der Waals surface area contributed by atoms with E-state index < -0.39 is 0 Å². The molecule has 0 aliphatic carbocycles. The summed E-state index contributed by atoms with van der Waals surface area (Å²) in [7, 11) is 1.69. The monoisotopic (exact) mass is 272 g/mol. The van der Waals surface area contributed by atoms with Gasteiger partial charge in [0.2, 0.25) is 0 Å². The van der Waals surface area contributed by atoms with Gasteiger partial charge in [0.1, 0.15) is 11.6 Å². The second-order valence-corrected chi connectivity index (χ2v) is 5.00. The SMILES string of the molecule is COc1ccc([C@H]2CNCCN2Cc2ncc[nH]2)cc1. The number of H-pyrrole nitrogens is 1. The smallest absolute Gasteiger partial charge is 0.120 e. The van der Waals surface area contributed by atoms with E-state index in [4.69, 9.17) is 4.74 Å². The zero-order valence-corrected chi connectivity index (χ0v) is 11.7. The molecule has 2 N–H and O–H groups in total. The van der Waals surface area contributed by atoms with Crippen LogP contribution in [0.2, 0.25) is 0 Å². The van der Waals surface area contributed by atoms with Crippen molar-refractivity contribution < 1.29 is 4.74 Å². The van der Waals surface area contributed by atoms with E-state index in [9.17, 15) is 0 Å². The second kappa shape index (κ2) is 6.07. The maximum atomic E-state index is 5.22. The number of hydrogen-bond acceptors (Lipinski definition) is 4. The zero-order chi connectivity index (χ0) is 13.8. The Bertz CT molecular complexity index is 523. The number of ether oxygens (including phenoxy) is 1. The van der Waals surface area contributed by atoms with Gasteiger partial charge < -0.3 is 15.0 Å². The summed E-state index contributed by atoms with van der Waals surface area (Å²) in [6.45, 7) is 3.86. The van der Waals surface area contributed by atoms with Crippen molar-refractivity contribution in [3.8, 4) is 5.75 Å². The van der Waals surface area contributed by atoms with E-state index in [1.54, 1.807) is 13.3 Å². The van der Waals surface area contributed by atoms with Crippen molar-refractivity contribution in [2.75, 3.05) is 26.7 Å². The maximum Gasteiger partial charge on any atom is 0.120 e. The molecule has 1 fully saturated rings. The molecule has 106 valence electrons. The molecule has 5 heteroatoms. The number of imidazole rings is 1. The van der Waals surface area contributed by atoms with Gasteiger partial charge in [-0.05, 0) is 17.7 Å². The van der Waals surface area contributed by atoms with Crippen molar-refractivity contribution >= 4 is 0 Å². The first-order valence-corrected chi connectivity index (χ1v) is 6.94. The van der Waals surface area contributed by atoms with E-state index in [0.717, 1.165) is 37.8 Å². The lowest BCUT2D eigenvalue weighted by Gasteiger charge is -2.36. The van der Waals surface area contributed by atoms with Gasteiger partial charge in [-0.2, -0.15) is 0 Å². The number of piperazine rings is 1. The van der Waals surface area contributed by atoms with Crippen molar-refractivity contribution in [1.29, 1.82) is 0 Å². The van der Waals surface area contributed by atoms with Crippen LogP contribution >= 0.6 is 0 Å². The van der Waals surface area contributed by atoms with Crippen LogP contribution in [0.4, 0.5) is 0 Å². The topological polar surface area (TPSA) is 53.2 Å². The number of rotatable bonds is 4. The van der Waals surface area contributed by atoms with Crippen LogP contribution in [-0.2, 0) is 6.54 Å². The third-order valence-electron chi connectivity index (χ3n) is 3.76. The molecule has 2 aromatic rings. The Labute approximate surface area is 119 Å². The standard InChI is InChI=1S/C15H20N4O/c1-20-13-4-2-12(3-5-13)14-10-16-8-9-19(14)11-15-17-6-7-18-15/h2-7,14,16H,8-11H2,1H3,(H,17,18)/t14-/m1/s1. The molecule has 0 spiro atoms. The zero-order valence-electron chi connectivity index (χ0n) is 11.7. The summed E-state index contributed by atoms with van der Waals surface area (Å²) in [6, 6.07) is 8.71. The molecular weight excluding hydrogens is 252 g/mol. The first-order chi connectivity index (χ1) is 9.86. The number of hydrogen-bond donors (Lipinski definition) is 2. The van der Waals surface area contributed by atoms with Crippen molar-refractivity contribution in [2.24, 2.45) is 0 Å². The predicted octanol–water partition coefficient (Wildman–Crippen LogP) is 1.56. The number of methoxy groups -OCH3 is 1. The van der Waals surface area contributed by atoms with Gasteiger partial charge in [-0.3, -0.25) is 4.90 Å². The van der Waals surface area contributed by atoms with Gasteiger partial charge in [0.25, 0.3) is 0 Å². The highest BCUT2D eigenvalue weighted by molar-refractivity contribution is 5.29. The van der Waals surface area contributed by atoms with Gasteiger partial charge in [0.15, 0.2) is 0 Å². The van der Waals surface area contributed by atoms with Gasteiger partial charge in [0, 0.05) is 38.1 Å². The molecule has 1 atom stereocenters. The summed E-state index contributed by atoms with van der Waals surface area (Å²) < 4.78 is 5.22. The number of benzene rings is 1. The van der Waals surface area contributed by atoms with Gasteiger partial charge >= 0.3 is 0 Å². The number of nitrogens with zero attached hydrogens (tertiary/aromatic N) is 2. The minimum atomic E-state index is 0.375. The minimum absolute atomic E-state index is 0.375. The van der Waals surface area contributed by atoms with Crippen molar-refractivity contribution in [3.05, 3.63) is 48.0 Å². The summed E-state index contributed by atoms with van der Waals surface area (Å²) in [6.07, 6.45) is 3.68. The summed E-state index contributed by atoms with van der Waals surface area (Å²) >= 11 is 0. The van der Waals surface area contributed by atoms with Crippen LogP contribution in [0.3, 0.4) is 0 Å². The fraction of sp³-hybridized carbons (Fsp3) is 0.400. The highest BCUT2D eigenvalue weighted by atomic mass is 16.5. The average Bonchev–Trinajstić information content (AvgIpc) is 3.01. The molecular formula is C15H20N4O. The summed E-state index contributed by atoms with van der Waals surface area (Å²) in [5, 5.41) is 3.47. The van der Waals surface area contributed by atoms with Crippen LogP contribution in [0.25, 0.3) is 0 Å². The van der Waals surface area contributed by atoms with E-state index in [0.29, 0.717) is 6.04 Å². The molecule has 0 radical (unpaired) electrons. The van der Waals surface area contributed by atoms with Gasteiger partial charge in [-0.25, -0.2) is 4.98 Å². The van der Waals surface area contributed by atoms with E-state index in [1.807, 2.05) is 18.3 Å². The van der Waals surface area contributed by atoms with Gasteiger partial charge in [0.05, 0.1) is 13.7 Å². The maximum absolute atomic E-state index is 5.22. The van der Waals surface area contributed by atoms with Crippen LogP contribution < -0.4 is 10.1 Å². The first kappa shape index (κ1) is 13.1. The minimum Gasteiger partial charge on any atom is -0.497 e. The Hall–Kier alpha value is -1.85. The fourth-order valence-electron chi connectivity index (χ4n) is 2.67. The largest absolute Gasteiger partial charge is 0.497 e. The fourth-order valence-corrected chi connectivity index (χ4v) is 2.67. The number of nitrogens with one attached hydrogen (secondary N) is 2. The molecule has 1 aromatic heterocycles. The van der Waals surface area contributed by atoms with E-state index >= 15 is 0 Å². The Morgan fingerprint density at radius 1 is 1.35 bits per heavy atom. The molecule has 3 rings (SSSR count). The first-order valence-electron chi connectivity index (χ1n) is 6.94. The second-order valence-electron chi connectivity index (χ2n) is 5.00. The van der Waals surface area contributed by atoms with Gasteiger partial charge in [-0.15, -0.1) is 0 Å². The molecule has 1 saturated heterocycles. The highest BCUT2D eigenvalue weighted by Crippen LogP contribution is 2.25. The molecule has 1 aromatic carbocycles. The van der Waals surface area contributed by atoms with Gasteiger partial charge in [-0.1, -0.05) is 12.1 Å². The predicted molar refractivity (Wildman–Crippen MR) is 77.6 cm³/mol. The highest BCUT2D eigenvalue weighted by Gasteiger charge is 2.24. The number of aromatic nitrogens is 2. The van der Waals surface area contributed by atoms with Crippen LogP contribution in [0.5, 0.6) is 5.75 Å². The molecule has 1 aliphatic heterocycles. The Morgan fingerprint density at radius 3 is 2.90 bits per heavy atom. The summed E-state index contributed by atoms with van der Waals surface area (Å²) in [4.78, 5) is 9.97. The lowest BCUT2D eigenvalue weighted by atomic mass is 10.0. The molecule has 0 amide bonds. The van der Waals surface area contributed by atoms with Crippen molar-refractivity contribution in [3.63, 3.8) is 0 Å². The summed E-state index contributed by atoms with van der Waals surface area (Å²) in [5.41, 5.74) is 1.31. The van der Waals surface area contributed by atoms with Crippen LogP contribution in [0, 0.1) is 0 Å². The Balaban J connectivity index is 1.77. The van der Waals surface area contributed by atoms with Crippen molar-refractivity contribution in [2.45, 2.75) is 12.6 Å². The third kappa shape index (κ3) is 2.84. The lowest BCUT2D eigenvalue weighted by Crippen LogP contribution is -2.45. The quantitative estimate of drug-likeness (QED) is 0.887. The molecule has 0 bridgehead atoms. The third-order valence-corrected chi connectivity index (χ3v) is 3.76. The Morgan fingerprint density at radius 2 is 2.20 bits per heavy atom. The molecule has 20 heavy (non-hydrogen) atoms. The normalized spacial score (nSPS) is 19.9. The Kier molecular flexibility index (Phi) is 3.99. The van der Waals surface area contributed by atoms with Crippen LogP contribution in [-0.4, -0.2) is 41.6 Å². The van der Waals surface area contributed by atoms with Crippen molar-refractivity contribution in [1.82, 2.24) is 20.2 Å². The van der Waals surface area contributed by atoms with E-state index in [2.05, 4.69) is 32.3 Å². The lowest BCUT2D eigenvalue weighted by molar-refractivity contribution is 0.150. The number of aromatic amines is 1. The van der Waals surface area contributed by atoms with E-state index in [-0.39, 0.29) is 0 Å². The molecule has 0 unspecified atom stereocenters. The van der Waals surface area contributed by atoms with Crippen LogP contribution in [0.1, 0.15) is 17.4 Å². The van der Waals surface area contributed by atoms with Crippen LogP contribution in [0.15, 0.2) is 36.7 Å². The summed E-state index contributed by atoms with van der Waals surface area (Å²) in [5.74, 6) is 1.92. The molecule has 0 saturated carbocycles. The molecule has 1 aliphatic rings. The molecule has 2 heterocycles.